The zero-order chi connectivity index (χ0) is 15.1. The van der Waals surface area contributed by atoms with E-state index in [-0.39, 0.29) is 5.91 Å². The van der Waals surface area contributed by atoms with E-state index in [1.54, 1.807) is 0 Å². The second-order valence-corrected chi connectivity index (χ2v) is 5.83. The number of aliphatic hydroxyl groups is 1. The number of para-hydroxylation sites is 1. The van der Waals surface area contributed by atoms with Crippen LogP contribution in [0, 0.1) is 0 Å². The Morgan fingerprint density at radius 3 is 2.62 bits per heavy atom. The largest absolute Gasteiger partial charge is 0.391 e. The number of hydrogen-bond donors (Lipinski definition) is 2. The van der Waals surface area contributed by atoms with Gasteiger partial charge in [-0.2, -0.15) is 0 Å². The van der Waals surface area contributed by atoms with Crippen molar-refractivity contribution >= 4 is 11.6 Å². The highest BCUT2D eigenvalue weighted by Crippen LogP contribution is 2.18. The summed E-state index contributed by atoms with van der Waals surface area (Å²) in [4.78, 5) is 14.2. The molecule has 1 aromatic rings. The van der Waals surface area contributed by atoms with Gasteiger partial charge in [-0.05, 0) is 31.4 Å². The predicted octanol–water partition coefficient (Wildman–Crippen LogP) is 2.32. The number of amides is 1. The Bertz CT molecular complexity index is 430. The van der Waals surface area contributed by atoms with E-state index in [0.29, 0.717) is 25.6 Å². The summed E-state index contributed by atoms with van der Waals surface area (Å²) in [7, 11) is 0. The number of nitrogens with zero attached hydrogens (tertiary/aromatic N) is 1. The van der Waals surface area contributed by atoms with E-state index in [1.165, 1.54) is 12.8 Å². The fourth-order valence-electron chi connectivity index (χ4n) is 2.80. The highest BCUT2D eigenvalue weighted by Gasteiger charge is 2.20. The van der Waals surface area contributed by atoms with Crippen LogP contribution in [-0.2, 0) is 4.79 Å². The van der Waals surface area contributed by atoms with Crippen molar-refractivity contribution in [1.82, 2.24) is 5.32 Å². The van der Waals surface area contributed by atoms with Crippen LogP contribution in [-0.4, -0.2) is 36.2 Å². The third kappa shape index (κ3) is 5.05. The monoisotopic (exact) mass is 290 g/mol. The second-order valence-electron chi connectivity index (χ2n) is 5.83. The number of anilines is 1. The highest BCUT2D eigenvalue weighted by atomic mass is 16.3. The molecule has 1 saturated carbocycles. The number of nitrogens with one attached hydrogen (secondary N) is 1. The minimum Gasteiger partial charge on any atom is -0.391 e. The van der Waals surface area contributed by atoms with Gasteiger partial charge >= 0.3 is 0 Å². The molecule has 1 atom stereocenters. The molecule has 0 aromatic heterocycles. The van der Waals surface area contributed by atoms with E-state index in [9.17, 15) is 9.90 Å². The molecule has 0 spiro atoms. The molecular weight excluding hydrogens is 264 g/mol. The lowest BCUT2D eigenvalue weighted by Gasteiger charge is -2.27. The standard InChI is InChI=1S/C17H26N2O2/c1-2-16(20)12-19(15-10-4-3-5-11-15)13-17(21)18-14-8-6-7-9-14/h3-5,10-11,14,16,20H,2,6-9,12-13H2,1H3,(H,18,21). The summed E-state index contributed by atoms with van der Waals surface area (Å²) < 4.78 is 0. The Morgan fingerprint density at radius 1 is 1.33 bits per heavy atom. The van der Waals surface area contributed by atoms with Crippen molar-refractivity contribution in [3.63, 3.8) is 0 Å². The summed E-state index contributed by atoms with van der Waals surface area (Å²) >= 11 is 0. The van der Waals surface area contributed by atoms with Gasteiger partial charge in [-0.15, -0.1) is 0 Å². The number of aliphatic hydroxyl groups excluding tert-OH is 1. The summed E-state index contributed by atoms with van der Waals surface area (Å²) in [5.41, 5.74) is 0.978. The summed E-state index contributed by atoms with van der Waals surface area (Å²) in [6.07, 6.45) is 4.88. The van der Waals surface area contributed by atoms with Gasteiger partial charge in [-0.1, -0.05) is 38.0 Å². The lowest BCUT2D eigenvalue weighted by Crippen LogP contribution is -2.43. The Kier molecular flexibility index (Phi) is 6.05. The topological polar surface area (TPSA) is 52.6 Å². The molecule has 2 N–H and O–H groups in total. The van der Waals surface area contributed by atoms with Gasteiger partial charge in [0.1, 0.15) is 0 Å². The van der Waals surface area contributed by atoms with Crippen molar-refractivity contribution < 1.29 is 9.90 Å². The number of benzene rings is 1. The fourth-order valence-corrected chi connectivity index (χ4v) is 2.80. The maximum absolute atomic E-state index is 12.2. The molecule has 1 aliphatic rings. The molecule has 1 unspecified atom stereocenters. The van der Waals surface area contributed by atoms with Crippen LogP contribution >= 0.6 is 0 Å². The van der Waals surface area contributed by atoms with Crippen LogP contribution in [0.25, 0.3) is 0 Å². The Balaban J connectivity index is 1.96. The van der Waals surface area contributed by atoms with Crippen LogP contribution in [0.4, 0.5) is 5.69 Å². The first kappa shape index (κ1) is 15.8. The molecule has 1 aliphatic carbocycles. The van der Waals surface area contributed by atoms with Gasteiger partial charge in [-0.25, -0.2) is 0 Å². The van der Waals surface area contributed by atoms with E-state index >= 15 is 0 Å². The molecule has 0 radical (unpaired) electrons. The van der Waals surface area contributed by atoms with Crippen LogP contribution in [0.15, 0.2) is 30.3 Å². The average molecular weight is 290 g/mol. The third-order valence-corrected chi connectivity index (χ3v) is 4.08. The fraction of sp³-hybridized carbons (Fsp3) is 0.588. The zero-order valence-electron chi connectivity index (χ0n) is 12.8. The van der Waals surface area contributed by atoms with E-state index in [4.69, 9.17) is 0 Å². The highest BCUT2D eigenvalue weighted by molar-refractivity contribution is 5.81. The van der Waals surface area contributed by atoms with E-state index < -0.39 is 6.10 Å². The van der Waals surface area contributed by atoms with Crippen molar-refractivity contribution in [3.05, 3.63) is 30.3 Å². The minimum atomic E-state index is -0.413. The maximum Gasteiger partial charge on any atom is 0.239 e. The first-order valence-corrected chi connectivity index (χ1v) is 7.96. The molecule has 2 rings (SSSR count). The molecular formula is C17H26N2O2. The first-order chi connectivity index (χ1) is 10.2. The first-order valence-electron chi connectivity index (χ1n) is 7.96. The Hall–Kier alpha value is -1.55. The zero-order valence-corrected chi connectivity index (χ0v) is 12.8. The summed E-state index contributed by atoms with van der Waals surface area (Å²) in [5.74, 6) is 0.0501. The molecule has 1 aromatic carbocycles. The molecule has 0 saturated heterocycles. The van der Waals surface area contributed by atoms with Gasteiger partial charge < -0.3 is 15.3 Å². The molecule has 21 heavy (non-hydrogen) atoms. The van der Waals surface area contributed by atoms with Crippen molar-refractivity contribution in [2.75, 3.05) is 18.0 Å². The number of rotatable bonds is 7. The van der Waals surface area contributed by atoms with Crippen LogP contribution in [0.3, 0.4) is 0 Å². The predicted molar refractivity (Wildman–Crippen MR) is 85.4 cm³/mol. The van der Waals surface area contributed by atoms with Gasteiger partial charge in [0, 0.05) is 18.3 Å². The minimum absolute atomic E-state index is 0.0501. The van der Waals surface area contributed by atoms with Crippen LogP contribution in [0.2, 0.25) is 0 Å². The lowest BCUT2D eigenvalue weighted by molar-refractivity contribution is -0.120. The number of carbonyl (C=O) groups excluding carboxylic acids is 1. The van der Waals surface area contributed by atoms with Gasteiger partial charge in [0.05, 0.1) is 12.6 Å². The third-order valence-electron chi connectivity index (χ3n) is 4.08. The summed E-state index contributed by atoms with van der Waals surface area (Å²) in [6.45, 7) is 2.74. The molecule has 1 fully saturated rings. The summed E-state index contributed by atoms with van der Waals surface area (Å²) in [5, 5.41) is 13.0. The molecule has 1 amide bonds. The van der Waals surface area contributed by atoms with Gasteiger partial charge in [0.2, 0.25) is 5.91 Å². The number of hydrogen-bond acceptors (Lipinski definition) is 3. The van der Waals surface area contributed by atoms with Gasteiger partial charge in [0.25, 0.3) is 0 Å². The smallest absolute Gasteiger partial charge is 0.239 e. The molecule has 4 heteroatoms. The second kappa shape index (κ2) is 8.03. The van der Waals surface area contributed by atoms with E-state index in [1.807, 2.05) is 42.2 Å². The van der Waals surface area contributed by atoms with Crippen LogP contribution in [0.5, 0.6) is 0 Å². The Labute approximate surface area is 127 Å². The van der Waals surface area contributed by atoms with Crippen molar-refractivity contribution in [2.45, 2.75) is 51.2 Å². The maximum atomic E-state index is 12.2. The van der Waals surface area contributed by atoms with Crippen molar-refractivity contribution in [3.8, 4) is 0 Å². The molecule has 0 aliphatic heterocycles. The molecule has 116 valence electrons. The van der Waals surface area contributed by atoms with Crippen molar-refractivity contribution in [1.29, 1.82) is 0 Å². The SMILES string of the molecule is CCC(O)CN(CC(=O)NC1CCCC1)c1ccccc1. The number of carbonyl (C=O) groups is 1. The molecule has 0 heterocycles. The van der Waals surface area contributed by atoms with E-state index in [2.05, 4.69) is 5.32 Å². The molecule has 0 bridgehead atoms. The van der Waals surface area contributed by atoms with Crippen LogP contribution < -0.4 is 10.2 Å². The Morgan fingerprint density at radius 2 is 2.00 bits per heavy atom. The van der Waals surface area contributed by atoms with Gasteiger partial charge in [0.15, 0.2) is 0 Å². The lowest BCUT2D eigenvalue weighted by atomic mass is 10.2. The van der Waals surface area contributed by atoms with Gasteiger partial charge in [-0.3, -0.25) is 4.79 Å². The molecule has 4 nitrogen and oxygen atoms in total. The van der Waals surface area contributed by atoms with E-state index in [0.717, 1.165) is 18.5 Å². The van der Waals surface area contributed by atoms with Crippen LogP contribution in [0.1, 0.15) is 39.0 Å². The van der Waals surface area contributed by atoms with Crippen molar-refractivity contribution in [2.24, 2.45) is 0 Å². The normalized spacial score (nSPS) is 16.7. The average Bonchev–Trinajstić information content (AvgIpc) is 3.00. The quantitative estimate of drug-likeness (QED) is 0.810. The summed E-state index contributed by atoms with van der Waals surface area (Å²) in [6, 6.07) is 10.2.